The van der Waals surface area contributed by atoms with Crippen molar-refractivity contribution >= 4 is 33.2 Å². The summed E-state index contributed by atoms with van der Waals surface area (Å²) in [5, 5.41) is 5.37. The van der Waals surface area contributed by atoms with Gasteiger partial charge in [-0.2, -0.15) is 0 Å². The Morgan fingerprint density at radius 1 is 1.00 bits per heavy atom. The summed E-state index contributed by atoms with van der Waals surface area (Å²) >= 11 is 0. The number of likely N-dealkylation sites (N-methyl/N-ethyl adjacent to an activating group) is 1. The summed E-state index contributed by atoms with van der Waals surface area (Å²) in [7, 11) is -3.43. The minimum Gasteiger partial charge on any atom is -0.484 e. The summed E-state index contributed by atoms with van der Waals surface area (Å²) in [5.41, 5.74) is 1.19. The number of amides is 2. The van der Waals surface area contributed by atoms with E-state index in [0.717, 1.165) is 0 Å². The van der Waals surface area contributed by atoms with Crippen molar-refractivity contribution in [1.82, 2.24) is 5.32 Å². The number of ether oxygens (including phenoxy) is 1. The fraction of sp³-hybridized carbons (Fsp3) is 0.300. The summed E-state index contributed by atoms with van der Waals surface area (Å²) in [6.45, 7) is 4.05. The van der Waals surface area contributed by atoms with Crippen molar-refractivity contribution in [2.24, 2.45) is 0 Å². The van der Waals surface area contributed by atoms with Crippen molar-refractivity contribution in [3.8, 4) is 5.75 Å². The SMILES string of the molecule is CCCS(=O)(=O)Nc1cccc(C(=O)Nc2ccc(OCC(=O)NCC)cc2)c1. The molecule has 156 valence electrons. The maximum atomic E-state index is 12.5. The molecule has 0 fully saturated rings. The molecule has 2 rings (SSSR count). The van der Waals surface area contributed by atoms with E-state index in [2.05, 4.69) is 15.4 Å². The molecular formula is C20H25N3O5S. The molecule has 0 aliphatic heterocycles. The number of benzene rings is 2. The maximum absolute atomic E-state index is 12.5. The lowest BCUT2D eigenvalue weighted by Gasteiger charge is -2.10. The summed E-state index contributed by atoms with van der Waals surface area (Å²) < 4.78 is 31.6. The van der Waals surface area contributed by atoms with E-state index in [0.29, 0.717) is 35.7 Å². The highest BCUT2D eigenvalue weighted by atomic mass is 32.2. The van der Waals surface area contributed by atoms with Crippen molar-refractivity contribution in [3.63, 3.8) is 0 Å². The van der Waals surface area contributed by atoms with Crippen LogP contribution in [0.2, 0.25) is 0 Å². The van der Waals surface area contributed by atoms with Crippen LogP contribution in [0.4, 0.5) is 11.4 Å². The third-order valence-electron chi connectivity index (χ3n) is 3.73. The van der Waals surface area contributed by atoms with Gasteiger partial charge in [-0.25, -0.2) is 8.42 Å². The van der Waals surface area contributed by atoms with Crippen LogP contribution < -0.4 is 20.1 Å². The summed E-state index contributed by atoms with van der Waals surface area (Å²) in [4.78, 5) is 23.9. The van der Waals surface area contributed by atoms with Gasteiger partial charge in [-0.05, 0) is 55.8 Å². The molecule has 0 spiro atoms. The lowest BCUT2D eigenvalue weighted by molar-refractivity contribution is -0.122. The van der Waals surface area contributed by atoms with Gasteiger partial charge in [0.25, 0.3) is 11.8 Å². The van der Waals surface area contributed by atoms with Crippen LogP contribution in [0.25, 0.3) is 0 Å². The summed E-state index contributed by atoms with van der Waals surface area (Å²) in [6.07, 6.45) is 0.499. The van der Waals surface area contributed by atoms with Gasteiger partial charge in [0.05, 0.1) is 5.75 Å². The highest BCUT2D eigenvalue weighted by Gasteiger charge is 2.12. The Balaban J connectivity index is 1.98. The third-order valence-corrected chi connectivity index (χ3v) is 5.22. The van der Waals surface area contributed by atoms with E-state index in [4.69, 9.17) is 4.74 Å². The topological polar surface area (TPSA) is 114 Å². The first kappa shape index (κ1) is 22.2. The number of nitrogens with one attached hydrogen (secondary N) is 3. The van der Waals surface area contributed by atoms with Crippen LogP contribution in [0.5, 0.6) is 5.75 Å². The van der Waals surface area contributed by atoms with Gasteiger partial charge >= 0.3 is 0 Å². The van der Waals surface area contributed by atoms with Gasteiger partial charge in [-0.3, -0.25) is 14.3 Å². The Morgan fingerprint density at radius 3 is 2.38 bits per heavy atom. The zero-order valence-electron chi connectivity index (χ0n) is 16.4. The van der Waals surface area contributed by atoms with Crippen molar-refractivity contribution in [2.75, 3.05) is 28.9 Å². The highest BCUT2D eigenvalue weighted by Crippen LogP contribution is 2.18. The van der Waals surface area contributed by atoms with E-state index in [1.54, 1.807) is 49.4 Å². The number of hydrogen-bond acceptors (Lipinski definition) is 5. The minimum atomic E-state index is -3.43. The first-order valence-electron chi connectivity index (χ1n) is 9.24. The molecule has 29 heavy (non-hydrogen) atoms. The highest BCUT2D eigenvalue weighted by molar-refractivity contribution is 7.92. The molecule has 3 N–H and O–H groups in total. The molecule has 0 unspecified atom stereocenters. The van der Waals surface area contributed by atoms with Gasteiger partial charge in [0.1, 0.15) is 5.75 Å². The number of hydrogen-bond donors (Lipinski definition) is 3. The molecule has 2 amide bonds. The van der Waals surface area contributed by atoms with Gasteiger partial charge in [-0.1, -0.05) is 13.0 Å². The molecular weight excluding hydrogens is 394 g/mol. The molecule has 0 aliphatic rings. The normalized spacial score (nSPS) is 10.8. The van der Waals surface area contributed by atoms with Crippen LogP contribution in [-0.2, 0) is 14.8 Å². The zero-order valence-corrected chi connectivity index (χ0v) is 17.2. The standard InChI is InChI=1S/C20H25N3O5S/c1-3-12-29(26,27)23-17-7-5-6-15(13-17)20(25)22-16-8-10-18(11-9-16)28-14-19(24)21-4-2/h5-11,13,23H,3-4,12,14H2,1-2H3,(H,21,24)(H,22,25). The Bertz CT molecular complexity index is 943. The maximum Gasteiger partial charge on any atom is 0.257 e. The fourth-order valence-corrected chi connectivity index (χ4v) is 3.58. The van der Waals surface area contributed by atoms with Gasteiger partial charge in [0, 0.05) is 23.5 Å². The predicted octanol–water partition coefficient (Wildman–Crippen LogP) is 2.61. The molecule has 0 bridgehead atoms. The fourth-order valence-electron chi connectivity index (χ4n) is 2.46. The smallest absolute Gasteiger partial charge is 0.257 e. The van der Waals surface area contributed by atoms with E-state index in [1.165, 1.54) is 6.07 Å². The van der Waals surface area contributed by atoms with Crippen molar-refractivity contribution in [2.45, 2.75) is 20.3 Å². The van der Waals surface area contributed by atoms with Crippen LogP contribution >= 0.6 is 0 Å². The van der Waals surface area contributed by atoms with Crippen LogP contribution in [0, 0.1) is 0 Å². The van der Waals surface area contributed by atoms with Crippen molar-refractivity contribution < 1.29 is 22.7 Å². The van der Waals surface area contributed by atoms with Gasteiger partial charge in [0.15, 0.2) is 6.61 Å². The third kappa shape index (κ3) is 7.46. The van der Waals surface area contributed by atoms with Crippen molar-refractivity contribution in [1.29, 1.82) is 0 Å². The Labute approximate surface area is 170 Å². The quantitative estimate of drug-likeness (QED) is 0.548. The lowest BCUT2D eigenvalue weighted by atomic mass is 10.2. The average Bonchev–Trinajstić information content (AvgIpc) is 2.67. The monoisotopic (exact) mass is 419 g/mol. The molecule has 0 aliphatic carbocycles. The van der Waals surface area contributed by atoms with E-state index in [-0.39, 0.29) is 24.2 Å². The first-order valence-corrected chi connectivity index (χ1v) is 10.9. The number of rotatable bonds is 10. The molecule has 0 atom stereocenters. The second-order valence-electron chi connectivity index (χ2n) is 6.22. The average molecular weight is 420 g/mol. The van der Waals surface area contributed by atoms with Gasteiger partial charge in [-0.15, -0.1) is 0 Å². The Kier molecular flexibility index (Phi) is 8.02. The number of sulfonamides is 1. The van der Waals surface area contributed by atoms with E-state index >= 15 is 0 Å². The Hall–Kier alpha value is -3.07. The summed E-state index contributed by atoms with van der Waals surface area (Å²) in [6, 6.07) is 12.9. The number of carbonyl (C=O) groups excluding carboxylic acids is 2. The van der Waals surface area contributed by atoms with Crippen molar-refractivity contribution in [3.05, 3.63) is 54.1 Å². The van der Waals surface area contributed by atoms with E-state index in [9.17, 15) is 18.0 Å². The van der Waals surface area contributed by atoms with Crippen LogP contribution in [0.1, 0.15) is 30.6 Å². The molecule has 8 nitrogen and oxygen atoms in total. The van der Waals surface area contributed by atoms with Crippen LogP contribution in [0.3, 0.4) is 0 Å². The van der Waals surface area contributed by atoms with Crippen LogP contribution in [0.15, 0.2) is 48.5 Å². The molecule has 0 saturated carbocycles. The number of carbonyl (C=O) groups is 2. The lowest BCUT2D eigenvalue weighted by Crippen LogP contribution is -2.28. The van der Waals surface area contributed by atoms with Gasteiger partial charge < -0.3 is 15.4 Å². The van der Waals surface area contributed by atoms with E-state index < -0.39 is 10.0 Å². The summed E-state index contributed by atoms with van der Waals surface area (Å²) in [5.74, 6) is -0.0729. The molecule has 2 aromatic carbocycles. The molecule has 0 heterocycles. The largest absolute Gasteiger partial charge is 0.484 e. The molecule has 2 aromatic rings. The second-order valence-corrected chi connectivity index (χ2v) is 8.06. The molecule has 0 aromatic heterocycles. The second kappa shape index (κ2) is 10.5. The Morgan fingerprint density at radius 2 is 1.72 bits per heavy atom. The first-order chi connectivity index (χ1) is 13.8. The van der Waals surface area contributed by atoms with Gasteiger partial charge in [0.2, 0.25) is 10.0 Å². The molecule has 0 radical (unpaired) electrons. The molecule has 0 saturated heterocycles. The minimum absolute atomic E-state index is 0.0119. The van der Waals surface area contributed by atoms with E-state index in [1.807, 2.05) is 6.92 Å². The zero-order chi connectivity index (χ0) is 21.3. The predicted molar refractivity (Wildman–Crippen MR) is 113 cm³/mol. The molecule has 9 heteroatoms. The number of anilines is 2. The van der Waals surface area contributed by atoms with Crippen LogP contribution in [-0.4, -0.2) is 39.1 Å².